The van der Waals surface area contributed by atoms with Crippen molar-refractivity contribution in [2.24, 2.45) is 10.2 Å². The van der Waals surface area contributed by atoms with Crippen LogP contribution in [0.15, 0.2) is 63.2 Å². The maximum absolute atomic E-state index is 12.7. The summed E-state index contributed by atoms with van der Waals surface area (Å²) in [5, 5.41) is 9.04. The van der Waals surface area contributed by atoms with E-state index in [2.05, 4.69) is 26.1 Å². The van der Waals surface area contributed by atoms with Crippen LogP contribution < -0.4 is 4.74 Å². The van der Waals surface area contributed by atoms with Crippen molar-refractivity contribution >= 4 is 45.0 Å². The van der Waals surface area contributed by atoms with E-state index in [-0.39, 0.29) is 11.2 Å². The Hall–Kier alpha value is -2.12. The van der Waals surface area contributed by atoms with Crippen LogP contribution in [0.2, 0.25) is 0 Å². The van der Waals surface area contributed by atoms with Crippen LogP contribution in [0.4, 0.5) is 0 Å². The van der Waals surface area contributed by atoms with Gasteiger partial charge in [0.1, 0.15) is 5.75 Å². The Labute approximate surface area is 171 Å². The minimum Gasteiger partial charge on any atom is -0.497 e. The molecule has 3 rings (SSSR count). The molecular formula is C20H20BrN3O2S. The first-order valence-corrected chi connectivity index (χ1v) is 10.3. The largest absolute Gasteiger partial charge is 0.497 e. The van der Waals surface area contributed by atoms with Crippen molar-refractivity contribution in [3.05, 3.63) is 64.1 Å². The average molecular weight is 446 g/mol. The van der Waals surface area contributed by atoms with Crippen LogP contribution in [0.5, 0.6) is 5.75 Å². The number of carbonyl (C=O) groups excluding carboxylic acids is 1. The van der Waals surface area contributed by atoms with E-state index in [0.29, 0.717) is 11.7 Å². The molecule has 1 heterocycles. The van der Waals surface area contributed by atoms with E-state index in [4.69, 9.17) is 4.74 Å². The third kappa shape index (κ3) is 4.99. The van der Waals surface area contributed by atoms with Gasteiger partial charge in [0.2, 0.25) is 5.91 Å². The van der Waals surface area contributed by atoms with Crippen molar-refractivity contribution in [3.63, 3.8) is 0 Å². The predicted molar refractivity (Wildman–Crippen MR) is 114 cm³/mol. The number of methoxy groups -OCH3 is 1. The number of halogens is 1. The third-order valence-corrected chi connectivity index (χ3v) is 5.97. The number of hydrogen-bond acceptors (Lipinski definition) is 5. The van der Waals surface area contributed by atoms with E-state index in [0.717, 1.165) is 27.8 Å². The minimum atomic E-state index is -0.107. The van der Waals surface area contributed by atoms with Gasteiger partial charge in [0, 0.05) is 4.47 Å². The quantitative estimate of drug-likeness (QED) is 0.478. The summed E-state index contributed by atoms with van der Waals surface area (Å²) in [6.45, 7) is 2.48. The molecule has 0 spiro atoms. The number of amides is 1. The summed E-state index contributed by atoms with van der Waals surface area (Å²) in [5.41, 5.74) is 1.97. The lowest BCUT2D eigenvalue weighted by molar-refractivity contribution is -0.126. The van der Waals surface area contributed by atoms with Gasteiger partial charge in [0.15, 0.2) is 5.17 Å². The van der Waals surface area contributed by atoms with Crippen LogP contribution in [0, 0.1) is 0 Å². The molecule has 0 aromatic heterocycles. The molecule has 5 nitrogen and oxygen atoms in total. The average Bonchev–Trinajstić information content (AvgIpc) is 2.99. The smallest absolute Gasteiger partial charge is 0.242 e. The van der Waals surface area contributed by atoms with E-state index < -0.39 is 0 Å². The van der Waals surface area contributed by atoms with Gasteiger partial charge in [-0.15, -0.1) is 5.10 Å². The van der Waals surface area contributed by atoms with Crippen LogP contribution in [0.1, 0.15) is 24.5 Å². The first kappa shape index (κ1) is 19.6. The molecule has 1 fully saturated rings. The number of rotatable bonds is 6. The summed E-state index contributed by atoms with van der Waals surface area (Å²) in [4.78, 5) is 14.4. The second-order valence-corrected chi connectivity index (χ2v) is 8.05. The van der Waals surface area contributed by atoms with Crippen molar-refractivity contribution in [1.29, 1.82) is 0 Å². The zero-order valence-electron chi connectivity index (χ0n) is 15.1. The maximum atomic E-state index is 12.7. The van der Waals surface area contributed by atoms with Gasteiger partial charge < -0.3 is 4.74 Å². The second-order valence-electron chi connectivity index (χ2n) is 5.97. The standard InChI is InChI=1S/C20H20BrN3O2S/c1-3-18-19(25)24(13-15-6-10-17(26-2)11-7-15)20(27-18)23-22-12-14-4-8-16(21)9-5-14/h4-12,18H,3,13H2,1-2H3. The summed E-state index contributed by atoms with van der Waals surface area (Å²) >= 11 is 4.88. The first-order valence-electron chi connectivity index (χ1n) is 8.58. The molecule has 1 atom stereocenters. The predicted octanol–water partition coefficient (Wildman–Crippen LogP) is 4.70. The van der Waals surface area contributed by atoms with Crippen molar-refractivity contribution in [2.75, 3.05) is 7.11 Å². The molecule has 0 aliphatic carbocycles. The van der Waals surface area contributed by atoms with Crippen molar-refractivity contribution in [2.45, 2.75) is 25.1 Å². The number of thioether (sulfide) groups is 1. The molecule has 2 aromatic carbocycles. The van der Waals surface area contributed by atoms with Crippen molar-refractivity contribution in [1.82, 2.24) is 4.90 Å². The molecule has 1 unspecified atom stereocenters. The molecule has 2 aromatic rings. The topological polar surface area (TPSA) is 54.3 Å². The van der Waals surface area contributed by atoms with Gasteiger partial charge in [-0.3, -0.25) is 9.69 Å². The minimum absolute atomic E-state index is 0.0795. The van der Waals surface area contributed by atoms with Crippen molar-refractivity contribution < 1.29 is 9.53 Å². The first-order chi connectivity index (χ1) is 13.1. The monoisotopic (exact) mass is 445 g/mol. The van der Waals surface area contributed by atoms with Gasteiger partial charge >= 0.3 is 0 Å². The van der Waals surface area contributed by atoms with Crippen LogP contribution in [-0.2, 0) is 11.3 Å². The Balaban J connectivity index is 1.77. The molecule has 1 saturated heterocycles. The number of nitrogens with zero attached hydrogens (tertiary/aromatic N) is 3. The summed E-state index contributed by atoms with van der Waals surface area (Å²) in [5.74, 6) is 0.871. The fourth-order valence-corrected chi connectivity index (χ4v) is 3.89. The molecule has 0 radical (unpaired) electrons. The van der Waals surface area contributed by atoms with E-state index >= 15 is 0 Å². The molecule has 1 aliphatic heterocycles. The lowest BCUT2D eigenvalue weighted by Gasteiger charge is -2.16. The zero-order chi connectivity index (χ0) is 19.2. The highest BCUT2D eigenvalue weighted by atomic mass is 79.9. The molecule has 0 N–H and O–H groups in total. The Kier molecular flexibility index (Phi) is 6.68. The summed E-state index contributed by atoms with van der Waals surface area (Å²) in [7, 11) is 1.63. The summed E-state index contributed by atoms with van der Waals surface area (Å²) < 4.78 is 6.20. The van der Waals surface area contributed by atoms with E-state index in [1.807, 2.05) is 55.5 Å². The zero-order valence-corrected chi connectivity index (χ0v) is 17.5. The van der Waals surface area contributed by atoms with Crippen LogP contribution >= 0.6 is 27.7 Å². The van der Waals surface area contributed by atoms with Crippen molar-refractivity contribution in [3.8, 4) is 5.75 Å². The summed E-state index contributed by atoms with van der Waals surface area (Å²) in [6.07, 6.45) is 2.45. The lowest BCUT2D eigenvalue weighted by Crippen LogP contribution is -2.31. The highest BCUT2D eigenvalue weighted by Crippen LogP contribution is 2.31. The fraction of sp³-hybridized carbons (Fsp3) is 0.250. The normalized spacial score (nSPS) is 18.6. The SMILES string of the molecule is CCC1SC(=NN=Cc2ccc(Br)cc2)N(Cc2ccc(OC)cc2)C1=O. The number of hydrogen-bond donors (Lipinski definition) is 0. The Morgan fingerprint density at radius 1 is 1.19 bits per heavy atom. The molecule has 27 heavy (non-hydrogen) atoms. The molecule has 0 saturated carbocycles. The Bertz CT molecular complexity index is 851. The Morgan fingerprint density at radius 2 is 1.89 bits per heavy atom. The van der Waals surface area contributed by atoms with E-state index in [9.17, 15) is 4.79 Å². The van der Waals surface area contributed by atoms with Gasteiger partial charge in [-0.1, -0.05) is 58.9 Å². The number of benzene rings is 2. The lowest BCUT2D eigenvalue weighted by atomic mass is 10.2. The highest BCUT2D eigenvalue weighted by molar-refractivity contribution is 9.10. The van der Waals surface area contributed by atoms with E-state index in [1.165, 1.54) is 11.8 Å². The highest BCUT2D eigenvalue weighted by Gasteiger charge is 2.36. The van der Waals surface area contributed by atoms with Gasteiger partial charge in [-0.05, 0) is 41.8 Å². The maximum Gasteiger partial charge on any atom is 0.242 e. The number of ether oxygens (including phenoxy) is 1. The Morgan fingerprint density at radius 3 is 2.52 bits per heavy atom. The molecule has 1 aliphatic rings. The fourth-order valence-electron chi connectivity index (χ4n) is 2.60. The molecule has 0 bridgehead atoms. The van der Waals surface area contributed by atoms with Crippen LogP contribution in [0.25, 0.3) is 0 Å². The van der Waals surface area contributed by atoms with Crippen LogP contribution in [0.3, 0.4) is 0 Å². The van der Waals surface area contributed by atoms with E-state index in [1.54, 1.807) is 18.2 Å². The van der Waals surface area contributed by atoms with Crippen LogP contribution in [-0.4, -0.2) is 34.5 Å². The summed E-state index contributed by atoms with van der Waals surface area (Å²) in [6, 6.07) is 15.5. The van der Waals surface area contributed by atoms with Gasteiger partial charge in [0.25, 0.3) is 0 Å². The number of carbonyl (C=O) groups is 1. The molecule has 1 amide bonds. The second kappa shape index (κ2) is 9.19. The van der Waals surface area contributed by atoms with Gasteiger partial charge in [-0.2, -0.15) is 5.10 Å². The number of amidine groups is 1. The third-order valence-electron chi connectivity index (χ3n) is 4.11. The molecule has 7 heteroatoms. The molecular weight excluding hydrogens is 426 g/mol. The van der Waals surface area contributed by atoms with Gasteiger partial charge in [-0.25, -0.2) is 0 Å². The molecule has 140 valence electrons. The van der Waals surface area contributed by atoms with Gasteiger partial charge in [0.05, 0.1) is 25.1 Å².